The van der Waals surface area contributed by atoms with E-state index in [1.807, 2.05) is 67.3 Å². The number of fused-ring (bicyclic) bond motifs is 2. The van der Waals surface area contributed by atoms with Gasteiger partial charge in [-0.15, -0.1) is 11.3 Å². The number of phenolic OH excluding ortho intramolecular Hbond substituents is 1. The maximum atomic E-state index is 17.0. The number of aliphatic hydroxyl groups excluding tert-OH is 1. The Morgan fingerprint density at radius 1 is 0.987 bits per heavy atom. The lowest BCUT2D eigenvalue weighted by molar-refractivity contribution is -0.144. The number of phenols is 1. The number of aromatic hydroxyl groups is 1. The van der Waals surface area contributed by atoms with Gasteiger partial charge in [-0.2, -0.15) is 4.98 Å². The number of aryl methyl sites for hydroxylation is 1. The lowest BCUT2D eigenvalue weighted by Crippen LogP contribution is -2.58. The summed E-state index contributed by atoms with van der Waals surface area (Å²) in [5, 5.41) is 32.0. The number of nitrogens with zero attached hydrogens (tertiary/aromatic N) is 7. The Morgan fingerprint density at radius 2 is 1.72 bits per heavy atom. The molecule has 0 bridgehead atoms. The van der Waals surface area contributed by atoms with Crippen molar-refractivity contribution in [1.29, 1.82) is 0 Å². The fraction of sp³-hybridized carbons (Fsp3) is 0.404. The highest BCUT2D eigenvalue weighted by atomic mass is 35.5. The van der Waals surface area contributed by atoms with Gasteiger partial charge in [0.2, 0.25) is 35.5 Å². The SMILES string of the molecule is Cc1ncsc1-c1ccc([C@H](C)NC(=O)[C@@H]2C[C@@H](O)CN2C(=O)[C@@H](NC(=O)COCC/C=C/C(=O)N2CCN(c3nc(NCCC(=O)N(C)C)nc4c(F)c(-c5cc(O)cc6ccccc56)c(Cl)cc34)CC2)C(C)(C)C)cc1. The first-order chi connectivity index (χ1) is 37.2. The van der Waals surface area contributed by atoms with Crippen molar-refractivity contribution in [1.82, 2.24) is 40.3 Å². The molecule has 4 heterocycles. The van der Waals surface area contributed by atoms with Gasteiger partial charge in [-0.3, -0.25) is 24.0 Å². The van der Waals surface area contributed by atoms with Crippen molar-refractivity contribution in [2.24, 2.45) is 5.41 Å². The molecule has 0 unspecified atom stereocenters. The van der Waals surface area contributed by atoms with Crippen LogP contribution in [0.5, 0.6) is 5.75 Å². The fourth-order valence-corrected chi connectivity index (χ4v) is 10.8. The first kappa shape index (κ1) is 56.9. The molecule has 0 spiro atoms. The minimum absolute atomic E-state index is 0.0124. The van der Waals surface area contributed by atoms with Crippen molar-refractivity contribution in [3.63, 3.8) is 0 Å². The molecule has 21 heteroatoms. The summed E-state index contributed by atoms with van der Waals surface area (Å²) < 4.78 is 22.7. The van der Waals surface area contributed by atoms with Crippen LogP contribution in [0.15, 0.2) is 84.4 Å². The van der Waals surface area contributed by atoms with E-state index in [-0.39, 0.29) is 84.8 Å². The van der Waals surface area contributed by atoms with E-state index in [0.29, 0.717) is 60.1 Å². The number of nitrogens with one attached hydrogen (secondary N) is 3. The van der Waals surface area contributed by atoms with E-state index in [1.54, 1.807) is 74.8 Å². The maximum absolute atomic E-state index is 17.0. The van der Waals surface area contributed by atoms with E-state index < -0.39 is 47.1 Å². The van der Waals surface area contributed by atoms with E-state index >= 15 is 4.39 Å². The van der Waals surface area contributed by atoms with Gasteiger partial charge in [0.15, 0.2) is 5.82 Å². The molecule has 2 aromatic heterocycles. The van der Waals surface area contributed by atoms with E-state index in [4.69, 9.17) is 21.3 Å². The van der Waals surface area contributed by atoms with Gasteiger partial charge in [0, 0.05) is 77.2 Å². The van der Waals surface area contributed by atoms with Crippen LogP contribution in [-0.2, 0) is 28.7 Å². The number of halogens is 2. The zero-order valence-corrected chi connectivity index (χ0v) is 46.4. The number of aromatic nitrogens is 3. The molecule has 4 atom stereocenters. The van der Waals surface area contributed by atoms with Gasteiger partial charge in [-0.1, -0.05) is 87.0 Å². The average molecular weight is 1110 g/mol. The van der Waals surface area contributed by atoms with Gasteiger partial charge < -0.3 is 50.5 Å². The number of amides is 5. The van der Waals surface area contributed by atoms with Crippen LogP contribution in [-0.4, -0.2) is 154 Å². The molecule has 6 aromatic rings. The molecular formula is C57H66ClFN10O8S. The van der Waals surface area contributed by atoms with E-state index in [9.17, 15) is 34.2 Å². The molecule has 2 saturated heterocycles. The van der Waals surface area contributed by atoms with Gasteiger partial charge in [0.05, 0.1) is 39.9 Å². The lowest BCUT2D eigenvalue weighted by atomic mass is 9.85. The van der Waals surface area contributed by atoms with Crippen LogP contribution >= 0.6 is 22.9 Å². The molecule has 4 aromatic carbocycles. The van der Waals surface area contributed by atoms with Crippen LogP contribution in [0, 0.1) is 18.2 Å². The first-order valence-electron chi connectivity index (χ1n) is 25.9. The van der Waals surface area contributed by atoms with Crippen LogP contribution in [0.3, 0.4) is 0 Å². The van der Waals surface area contributed by atoms with Crippen molar-refractivity contribution >= 4 is 85.9 Å². The van der Waals surface area contributed by atoms with E-state index in [2.05, 4.69) is 25.9 Å². The van der Waals surface area contributed by atoms with Crippen molar-refractivity contribution < 1.29 is 43.3 Å². The number of carbonyl (C=O) groups excluding carboxylic acids is 5. The standard InChI is InChI=1S/C57H66ClFN10O8S/c1-33(35-15-17-36(18-16-35)51-34(2)61-32-78-51)62-54(75)44-28-39(71)30-69(44)55(76)52(57(3,4)5)63-45(72)31-77-25-11-10-14-47(74)67-21-23-68(24-22-67)53-42-29-43(58)48(41-27-38(70)26-37-12-8-9-13-40(37)41)49(59)50(42)64-56(65-53)60-20-19-46(73)66(6)7/h8-10,12-18,26-27,29,32-33,39,44,52,70-71H,11,19-25,28,30-31H2,1-7H3,(H,62,75)(H,63,72)(H,60,64,65)/b14-10+/t33-,39+,44-,52+/m0/s1. The fourth-order valence-electron chi connectivity index (χ4n) is 9.72. The lowest BCUT2D eigenvalue weighted by Gasteiger charge is -2.35. The Morgan fingerprint density at radius 3 is 2.41 bits per heavy atom. The second-order valence-corrected chi connectivity index (χ2v) is 22.2. The summed E-state index contributed by atoms with van der Waals surface area (Å²) in [7, 11) is 3.32. The Balaban J connectivity index is 0.844. The summed E-state index contributed by atoms with van der Waals surface area (Å²) in [5.41, 5.74) is 4.33. The van der Waals surface area contributed by atoms with E-state index in [0.717, 1.165) is 21.7 Å². The number of hydrogen-bond donors (Lipinski definition) is 5. The van der Waals surface area contributed by atoms with Crippen LogP contribution in [0.1, 0.15) is 64.3 Å². The average Bonchev–Trinajstić information content (AvgIpc) is 4.18. The summed E-state index contributed by atoms with van der Waals surface area (Å²) in [6.07, 6.45) is 2.70. The van der Waals surface area contributed by atoms with Gasteiger partial charge >= 0.3 is 0 Å². The number of likely N-dealkylation sites (tertiary alicyclic amines) is 1. The third-order valence-electron chi connectivity index (χ3n) is 14.0. The molecule has 2 aliphatic rings. The molecule has 8 rings (SSSR count). The molecule has 2 fully saturated rings. The molecule has 0 radical (unpaired) electrons. The summed E-state index contributed by atoms with van der Waals surface area (Å²) in [4.78, 5) is 88.1. The number of ether oxygens (including phenoxy) is 1. The molecule has 5 amide bonds. The molecule has 18 nitrogen and oxygen atoms in total. The van der Waals surface area contributed by atoms with Crippen molar-refractivity contribution in [2.75, 3.05) is 76.8 Å². The van der Waals surface area contributed by atoms with E-state index in [1.165, 1.54) is 21.9 Å². The number of anilines is 2. The number of piperazine rings is 1. The number of thiazole rings is 1. The van der Waals surface area contributed by atoms with Crippen molar-refractivity contribution in [3.05, 3.63) is 106 Å². The van der Waals surface area contributed by atoms with Crippen molar-refractivity contribution in [2.45, 2.75) is 78.1 Å². The first-order valence-corrected chi connectivity index (χ1v) is 27.2. The Labute approximate surface area is 461 Å². The number of hydrogen-bond acceptors (Lipinski definition) is 14. The second-order valence-electron chi connectivity index (χ2n) is 20.9. The molecule has 0 saturated carbocycles. The number of β-amino-alcohol motifs (C(OH)–C–C–N with tert-alkyl or cyclic N) is 1. The minimum atomic E-state index is -1.03. The van der Waals surface area contributed by atoms with Crippen LogP contribution in [0.4, 0.5) is 16.2 Å². The molecule has 78 heavy (non-hydrogen) atoms. The highest BCUT2D eigenvalue weighted by Crippen LogP contribution is 2.42. The number of rotatable bonds is 18. The zero-order valence-electron chi connectivity index (χ0n) is 44.8. The number of aliphatic hydroxyl groups is 1. The normalized spacial score (nSPS) is 16.7. The Bertz CT molecular complexity index is 3230. The van der Waals surface area contributed by atoms with Crippen LogP contribution in [0.25, 0.3) is 43.2 Å². The molecular weight excluding hydrogens is 1040 g/mol. The van der Waals surface area contributed by atoms with Gasteiger partial charge in [-0.25, -0.2) is 14.4 Å². The number of carbonyl (C=O) groups is 5. The third kappa shape index (κ3) is 13.2. The predicted molar refractivity (Wildman–Crippen MR) is 301 cm³/mol. The van der Waals surface area contributed by atoms with Crippen molar-refractivity contribution in [3.8, 4) is 27.3 Å². The van der Waals surface area contributed by atoms with Crippen LogP contribution < -0.4 is 20.9 Å². The summed E-state index contributed by atoms with van der Waals surface area (Å²) in [5.74, 6) is -2.05. The quantitative estimate of drug-likeness (QED) is 0.0423. The molecule has 412 valence electrons. The highest BCUT2D eigenvalue weighted by Gasteiger charge is 2.45. The smallest absolute Gasteiger partial charge is 0.246 e. The Hall–Kier alpha value is -7.26. The molecule has 2 aliphatic heterocycles. The van der Waals surface area contributed by atoms with Gasteiger partial charge in [-0.05, 0) is 77.4 Å². The summed E-state index contributed by atoms with van der Waals surface area (Å²) in [6.45, 7) is 10.4. The van der Waals surface area contributed by atoms with Crippen LogP contribution in [0.2, 0.25) is 5.02 Å². The molecule has 5 N–H and O–H groups in total. The van der Waals surface area contributed by atoms with Gasteiger partial charge in [0.1, 0.15) is 35.8 Å². The minimum Gasteiger partial charge on any atom is -0.508 e. The monoisotopic (exact) mass is 1100 g/mol. The number of benzene rings is 4. The Kier molecular flexibility index (Phi) is 18.0. The zero-order chi connectivity index (χ0) is 56.0. The topological polar surface area (TPSA) is 223 Å². The van der Waals surface area contributed by atoms with Gasteiger partial charge in [0.25, 0.3) is 0 Å². The largest absolute Gasteiger partial charge is 0.508 e. The summed E-state index contributed by atoms with van der Waals surface area (Å²) in [6, 6.07) is 17.4. The second kappa shape index (κ2) is 24.6. The summed E-state index contributed by atoms with van der Waals surface area (Å²) >= 11 is 8.46. The third-order valence-corrected chi connectivity index (χ3v) is 15.2. The molecule has 0 aliphatic carbocycles. The maximum Gasteiger partial charge on any atom is 0.246 e. The highest BCUT2D eigenvalue weighted by molar-refractivity contribution is 7.13. The predicted octanol–water partition coefficient (Wildman–Crippen LogP) is 7.25.